The minimum atomic E-state index is -3.90. The fourth-order valence-electron chi connectivity index (χ4n) is 6.51. The second-order valence-electron chi connectivity index (χ2n) is 14.3. The summed E-state index contributed by atoms with van der Waals surface area (Å²) in [6.45, 7) is -8.29. The Hall–Kier alpha value is -5.57. The Kier molecular flexibility index (Phi) is 6.02. The van der Waals surface area contributed by atoms with E-state index in [4.69, 9.17) is 28.3 Å². The van der Waals surface area contributed by atoms with Gasteiger partial charge in [0.25, 0.3) is 0 Å². The van der Waals surface area contributed by atoms with Crippen molar-refractivity contribution in [1.29, 1.82) is 0 Å². The Bertz CT molecular complexity index is 3420. The van der Waals surface area contributed by atoms with Crippen LogP contribution in [-0.4, -0.2) is 19.6 Å². The van der Waals surface area contributed by atoms with Gasteiger partial charge in [-0.3, -0.25) is 9.55 Å². The van der Waals surface area contributed by atoms with E-state index in [-0.39, 0.29) is 49.2 Å². The molecule has 0 spiro atoms. The molecular weight excluding hydrogens is 866 g/mol. The van der Waals surface area contributed by atoms with Crippen molar-refractivity contribution in [2.24, 2.45) is 0 Å². The molecule has 2 aromatic heterocycles. The van der Waals surface area contributed by atoms with Crippen molar-refractivity contribution in [2.75, 3.05) is 0 Å². The van der Waals surface area contributed by atoms with E-state index in [0.29, 0.717) is 55.9 Å². The monoisotopic (exact) mass is 929 g/mol. The predicted molar refractivity (Wildman–Crippen MR) is 229 cm³/mol. The first-order valence-corrected chi connectivity index (χ1v) is 17.5. The molecule has 282 valence electrons. The largest absolute Gasteiger partial charge is 0.507 e. The summed E-state index contributed by atoms with van der Waals surface area (Å²) in [6.07, 6.45) is -0.494. The maximum Gasteiger partial charge on any atom is 0.148 e. The van der Waals surface area contributed by atoms with E-state index in [1.165, 1.54) is 12.1 Å². The molecule has 5 heteroatoms. The number of aromatic nitrogens is 3. The fourth-order valence-corrected chi connectivity index (χ4v) is 6.51. The number of pyridine rings is 1. The minimum Gasteiger partial charge on any atom is -0.507 e. The molecule has 0 atom stereocenters. The molecule has 0 saturated carbocycles. The molecule has 0 bridgehead atoms. The third-order valence-electron chi connectivity index (χ3n) is 9.34. The molecule has 8 aromatic rings. The smallest absolute Gasteiger partial charge is 0.148 e. The summed E-state index contributed by atoms with van der Waals surface area (Å²) in [5.41, 5.74) is -1.91. The van der Waals surface area contributed by atoms with Gasteiger partial charge in [-0.1, -0.05) is 149 Å². The van der Waals surface area contributed by atoms with Crippen LogP contribution in [0.3, 0.4) is 0 Å². The molecule has 2 heterocycles. The van der Waals surface area contributed by atoms with Crippen LogP contribution in [0, 0.1) is 12.9 Å². The van der Waals surface area contributed by atoms with Gasteiger partial charge in [-0.05, 0) is 76.3 Å². The molecule has 0 radical (unpaired) electrons. The first-order chi connectivity index (χ1) is 33.8. The van der Waals surface area contributed by atoms with Gasteiger partial charge in [-0.2, -0.15) is 0 Å². The third-order valence-corrected chi connectivity index (χ3v) is 9.34. The first-order valence-electron chi connectivity index (χ1n) is 26.5. The Morgan fingerprint density at radius 1 is 0.679 bits per heavy atom. The van der Waals surface area contributed by atoms with E-state index >= 15 is 0 Å². The number of hydrogen-bond acceptors (Lipinski definition) is 3. The van der Waals surface area contributed by atoms with Crippen molar-refractivity contribution in [3.05, 3.63) is 168 Å². The zero-order chi connectivity index (χ0) is 53.7. The van der Waals surface area contributed by atoms with Gasteiger partial charge in [0.05, 0.1) is 30.5 Å². The van der Waals surface area contributed by atoms with Crippen molar-refractivity contribution >= 4 is 11.0 Å². The number of aromatic hydroxyl groups is 1. The Labute approximate surface area is 370 Å². The van der Waals surface area contributed by atoms with E-state index in [9.17, 15) is 6.48 Å². The molecule has 0 fully saturated rings. The van der Waals surface area contributed by atoms with E-state index in [1.54, 1.807) is 48.5 Å². The molecule has 8 rings (SSSR count). The van der Waals surface area contributed by atoms with Crippen LogP contribution in [0.1, 0.15) is 82.7 Å². The standard InChI is InChI=1S/C51H46N3O.Pt/c1-33-20-25-45(43(28-33)35-14-9-8-10-15-35)54-46-18-13-17-41(48(46)53-49(54)42-16-11-12-19-47(42)55)37-29-38(31-40(30-37)51(5,6)7)44-32-36(26-27-52-44)34-21-23-39(24-22-34)50(2,3)4;/h8-28,30-32,55H,1-7H3;/q-1;/i1D3,2D3,3D3,4D3,21D,22D,23D,24D,27D,32D;. The molecule has 6 aromatic carbocycles. The van der Waals surface area contributed by atoms with Crippen molar-refractivity contribution in [1.82, 2.24) is 14.5 Å². The van der Waals surface area contributed by atoms with Gasteiger partial charge < -0.3 is 5.11 Å². The number of hydrogen-bond donors (Lipinski definition) is 1. The van der Waals surface area contributed by atoms with Crippen molar-refractivity contribution in [2.45, 2.75) is 59.0 Å². The number of phenolic OH excluding ortho intramolecular Hbond substituents is 1. The van der Waals surface area contributed by atoms with Crippen LogP contribution in [0.2, 0.25) is 0 Å². The van der Waals surface area contributed by atoms with Crippen LogP contribution in [0.5, 0.6) is 5.75 Å². The molecule has 4 nitrogen and oxygen atoms in total. The van der Waals surface area contributed by atoms with Crippen LogP contribution in [0.4, 0.5) is 0 Å². The Morgan fingerprint density at radius 2 is 1.41 bits per heavy atom. The number of benzene rings is 6. The summed E-state index contributed by atoms with van der Waals surface area (Å²) < 4.78 is 155. The third kappa shape index (κ3) is 7.51. The second kappa shape index (κ2) is 15.2. The fraction of sp³-hybridized carbons (Fsp3) is 0.176. The van der Waals surface area contributed by atoms with E-state index in [2.05, 4.69) is 11.1 Å². The number of rotatable bonds is 6. The maximum absolute atomic E-state index is 11.3. The molecular formula is C51H46N3OPt-. The summed E-state index contributed by atoms with van der Waals surface area (Å²) >= 11 is 0. The van der Waals surface area contributed by atoms with Gasteiger partial charge in [0, 0.05) is 54.9 Å². The number of nitrogens with zero attached hydrogens (tertiary/aromatic N) is 3. The van der Waals surface area contributed by atoms with Crippen LogP contribution < -0.4 is 0 Å². The van der Waals surface area contributed by atoms with Gasteiger partial charge in [0.15, 0.2) is 0 Å². The SMILES string of the molecule is [2H]c1cc(-c2c([2H])c([2H])c(C(C([2H])([2H])[2H])(C([2H])([2H])[2H])C([2H])([2H])[2H])c([2H])c2[2H])c([2H])c(-c2[c-]c(-c3cccc4c3nc(-c3ccccc3O)n4-c3ccc(C([2H])([2H])[2H])cc3-c3ccccc3)cc(C(C)(C)C)c2)n1.[Pt]. The van der Waals surface area contributed by atoms with Gasteiger partial charge in [0.2, 0.25) is 0 Å². The van der Waals surface area contributed by atoms with Crippen LogP contribution in [0.25, 0.3) is 72.7 Å². The second-order valence-corrected chi connectivity index (χ2v) is 14.3. The van der Waals surface area contributed by atoms with E-state index in [0.717, 1.165) is 6.07 Å². The number of fused-ring (bicyclic) bond motifs is 1. The van der Waals surface area contributed by atoms with Crippen LogP contribution >= 0.6 is 0 Å². The summed E-state index contributed by atoms with van der Waals surface area (Å²) in [5, 5.41) is 11.3. The summed E-state index contributed by atoms with van der Waals surface area (Å²) in [5.74, 6) is 0.236. The molecule has 0 amide bonds. The van der Waals surface area contributed by atoms with Crippen LogP contribution in [-0.2, 0) is 31.9 Å². The topological polar surface area (TPSA) is 50.9 Å². The molecule has 1 N–H and O–H groups in total. The molecule has 0 aliphatic carbocycles. The number of imidazole rings is 1. The number of phenols is 1. The quantitative estimate of drug-likeness (QED) is 0.169. The number of aryl methyl sites for hydroxylation is 1. The summed E-state index contributed by atoms with van der Waals surface area (Å²) in [4.78, 5) is 9.59. The maximum atomic E-state index is 11.3. The van der Waals surface area contributed by atoms with Gasteiger partial charge in [0.1, 0.15) is 11.6 Å². The van der Waals surface area contributed by atoms with E-state index < -0.39 is 85.7 Å². The van der Waals surface area contributed by atoms with Gasteiger partial charge in [-0.15, -0.1) is 29.3 Å². The molecule has 0 aliphatic heterocycles. The zero-order valence-electron chi connectivity index (χ0n) is 48.5. The van der Waals surface area contributed by atoms with Crippen molar-refractivity contribution < 1.29 is 50.8 Å². The normalized spacial score (nSPS) is 17.3. The van der Waals surface area contributed by atoms with E-state index in [1.807, 2.05) is 67.8 Å². The first kappa shape index (κ1) is 22.2. The molecule has 0 saturated heterocycles. The zero-order valence-corrected chi connectivity index (χ0v) is 32.8. The minimum absolute atomic E-state index is 0. The van der Waals surface area contributed by atoms with Crippen molar-refractivity contribution in [3.8, 4) is 67.5 Å². The Balaban J connectivity index is 0.00000800. The van der Waals surface area contributed by atoms with Gasteiger partial charge in [-0.25, -0.2) is 4.98 Å². The molecule has 56 heavy (non-hydrogen) atoms. The molecule has 0 unspecified atom stereocenters. The molecule has 0 aliphatic rings. The van der Waals surface area contributed by atoms with Gasteiger partial charge >= 0.3 is 0 Å². The predicted octanol–water partition coefficient (Wildman–Crippen LogP) is 13.2. The summed E-state index contributed by atoms with van der Waals surface area (Å²) in [6, 6.07) is 29.0. The average molecular weight is 930 g/mol. The Morgan fingerprint density at radius 3 is 2.14 bits per heavy atom. The average Bonchev–Trinajstić information content (AvgIpc) is 3.68. The summed E-state index contributed by atoms with van der Waals surface area (Å²) in [7, 11) is 0. The van der Waals surface area contributed by atoms with Crippen LogP contribution in [0.15, 0.2) is 146 Å². The number of para-hydroxylation sites is 2. The van der Waals surface area contributed by atoms with Crippen molar-refractivity contribution in [3.63, 3.8) is 0 Å².